The summed E-state index contributed by atoms with van der Waals surface area (Å²) < 4.78 is 2.16. The molecular weight excluding hydrogens is 228 g/mol. The fourth-order valence-electron chi connectivity index (χ4n) is 2.24. The van der Waals surface area contributed by atoms with Crippen molar-refractivity contribution in [2.45, 2.75) is 39.0 Å². The highest BCUT2D eigenvalue weighted by atomic mass is 16.4. The van der Waals surface area contributed by atoms with E-state index in [-0.39, 0.29) is 6.42 Å². The van der Waals surface area contributed by atoms with E-state index < -0.39 is 5.97 Å². The molecule has 96 valence electrons. The van der Waals surface area contributed by atoms with Crippen molar-refractivity contribution in [3.05, 3.63) is 35.9 Å². The van der Waals surface area contributed by atoms with Crippen molar-refractivity contribution >= 4 is 11.5 Å². The summed E-state index contributed by atoms with van der Waals surface area (Å²) in [5.74, 6) is 0.300. The molecule has 4 heteroatoms. The summed E-state index contributed by atoms with van der Waals surface area (Å²) >= 11 is 0. The predicted octanol–water partition coefficient (Wildman–Crippen LogP) is 2.83. The molecule has 0 aromatic carbocycles. The Balaban J connectivity index is 1.95. The number of carbonyl (C=O) groups is 1. The lowest BCUT2D eigenvalue weighted by Gasteiger charge is -2.06. The van der Waals surface area contributed by atoms with Crippen LogP contribution in [0.2, 0.25) is 0 Å². The van der Waals surface area contributed by atoms with E-state index in [1.165, 1.54) is 5.69 Å². The van der Waals surface area contributed by atoms with Crippen LogP contribution in [-0.2, 0) is 11.2 Å². The third-order valence-corrected chi connectivity index (χ3v) is 3.13. The van der Waals surface area contributed by atoms with Crippen LogP contribution in [0.1, 0.15) is 37.2 Å². The highest BCUT2D eigenvalue weighted by Gasteiger charge is 2.04. The lowest BCUT2D eigenvalue weighted by Crippen LogP contribution is -1.99. The maximum atomic E-state index is 10.4. The average molecular weight is 246 g/mol. The van der Waals surface area contributed by atoms with E-state index in [2.05, 4.69) is 15.5 Å². The Morgan fingerprint density at radius 1 is 1.33 bits per heavy atom. The van der Waals surface area contributed by atoms with E-state index in [1.807, 2.05) is 25.3 Å². The van der Waals surface area contributed by atoms with E-state index in [4.69, 9.17) is 5.11 Å². The molecule has 2 aromatic heterocycles. The molecule has 0 spiro atoms. The molecule has 0 unspecified atom stereocenters. The molecule has 0 saturated heterocycles. The minimum absolute atomic E-state index is 0.272. The first-order valence-corrected chi connectivity index (χ1v) is 6.32. The molecular formula is C14H18N2O2. The van der Waals surface area contributed by atoms with Gasteiger partial charge >= 0.3 is 5.97 Å². The number of hydrogen-bond donors (Lipinski definition) is 1. The summed E-state index contributed by atoms with van der Waals surface area (Å²) in [4.78, 5) is 14.7. The van der Waals surface area contributed by atoms with Crippen LogP contribution in [0.5, 0.6) is 0 Å². The maximum absolute atomic E-state index is 10.4. The second-order valence-electron chi connectivity index (χ2n) is 4.54. The van der Waals surface area contributed by atoms with Crippen molar-refractivity contribution in [3.63, 3.8) is 0 Å². The molecule has 2 rings (SSSR count). The summed E-state index contributed by atoms with van der Waals surface area (Å²) in [5.41, 5.74) is 2.37. The van der Waals surface area contributed by atoms with Gasteiger partial charge in [-0.2, -0.15) is 0 Å². The van der Waals surface area contributed by atoms with Gasteiger partial charge in [0.25, 0.3) is 0 Å². The van der Waals surface area contributed by atoms with Crippen molar-refractivity contribution in [1.82, 2.24) is 9.38 Å². The predicted molar refractivity (Wildman–Crippen MR) is 69.7 cm³/mol. The van der Waals surface area contributed by atoms with E-state index >= 15 is 0 Å². The van der Waals surface area contributed by atoms with Gasteiger partial charge in [-0.3, -0.25) is 4.79 Å². The number of fused-ring (bicyclic) bond motifs is 1. The topological polar surface area (TPSA) is 54.6 Å². The normalized spacial score (nSPS) is 10.9. The third kappa shape index (κ3) is 2.88. The molecule has 4 nitrogen and oxygen atoms in total. The highest BCUT2D eigenvalue weighted by Crippen LogP contribution is 2.13. The van der Waals surface area contributed by atoms with E-state index in [9.17, 15) is 4.79 Å². The fraction of sp³-hybridized carbons (Fsp3) is 0.429. The summed E-state index contributed by atoms with van der Waals surface area (Å²) in [6.07, 6.45) is 5.85. The summed E-state index contributed by atoms with van der Waals surface area (Å²) in [7, 11) is 0. The first-order valence-electron chi connectivity index (χ1n) is 6.32. The molecule has 0 atom stereocenters. The van der Waals surface area contributed by atoms with Gasteiger partial charge in [-0.25, -0.2) is 4.98 Å². The number of pyridine rings is 1. The van der Waals surface area contributed by atoms with Crippen LogP contribution in [0.4, 0.5) is 0 Å². The molecule has 18 heavy (non-hydrogen) atoms. The first-order chi connectivity index (χ1) is 8.68. The SMILES string of the molecule is Cc1ncc2cccc(CCCCCC(=O)O)n12. The van der Waals surface area contributed by atoms with Gasteiger partial charge in [0.05, 0.1) is 11.7 Å². The summed E-state index contributed by atoms with van der Waals surface area (Å²) in [6.45, 7) is 2.00. The number of carboxylic acid groups (broad SMARTS) is 1. The van der Waals surface area contributed by atoms with Crippen LogP contribution in [0, 0.1) is 6.92 Å². The lowest BCUT2D eigenvalue weighted by molar-refractivity contribution is -0.137. The lowest BCUT2D eigenvalue weighted by atomic mass is 10.1. The van der Waals surface area contributed by atoms with Crippen LogP contribution in [0.15, 0.2) is 24.4 Å². The van der Waals surface area contributed by atoms with Crippen LogP contribution < -0.4 is 0 Å². The maximum Gasteiger partial charge on any atom is 0.303 e. The average Bonchev–Trinajstić information content (AvgIpc) is 2.71. The smallest absolute Gasteiger partial charge is 0.303 e. The molecule has 0 fully saturated rings. The molecule has 2 heterocycles. The molecule has 0 aliphatic heterocycles. The number of unbranched alkanes of at least 4 members (excludes halogenated alkanes) is 2. The van der Waals surface area contributed by atoms with E-state index in [1.54, 1.807) is 0 Å². The van der Waals surface area contributed by atoms with Crippen molar-refractivity contribution < 1.29 is 9.90 Å². The number of hydrogen-bond acceptors (Lipinski definition) is 2. The van der Waals surface area contributed by atoms with Gasteiger partial charge in [0, 0.05) is 12.1 Å². The number of rotatable bonds is 6. The van der Waals surface area contributed by atoms with Gasteiger partial charge in [-0.05, 0) is 38.3 Å². The second-order valence-corrected chi connectivity index (χ2v) is 4.54. The molecule has 0 aliphatic carbocycles. The quantitative estimate of drug-likeness (QED) is 0.797. The van der Waals surface area contributed by atoms with Gasteiger partial charge < -0.3 is 9.51 Å². The minimum Gasteiger partial charge on any atom is -0.481 e. The summed E-state index contributed by atoms with van der Waals surface area (Å²) in [5, 5.41) is 8.57. The molecule has 2 aromatic rings. The standard InChI is InChI=1S/C14H18N2O2/c1-11-15-10-13-8-5-7-12(16(11)13)6-3-2-4-9-14(17)18/h5,7-8,10H,2-4,6,9H2,1H3,(H,17,18). The fourth-order valence-corrected chi connectivity index (χ4v) is 2.24. The van der Waals surface area contributed by atoms with Crippen molar-refractivity contribution in [1.29, 1.82) is 0 Å². The Bertz CT molecular complexity index is 546. The largest absolute Gasteiger partial charge is 0.481 e. The Morgan fingerprint density at radius 2 is 2.17 bits per heavy atom. The van der Waals surface area contributed by atoms with E-state index in [0.717, 1.165) is 37.0 Å². The molecule has 0 saturated carbocycles. The van der Waals surface area contributed by atoms with Crippen LogP contribution >= 0.6 is 0 Å². The number of aliphatic carboxylic acids is 1. The van der Waals surface area contributed by atoms with Crippen molar-refractivity contribution in [3.8, 4) is 0 Å². The molecule has 0 amide bonds. The number of carboxylic acids is 1. The Morgan fingerprint density at radius 3 is 2.94 bits per heavy atom. The van der Waals surface area contributed by atoms with Gasteiger partial charge in [-0.1, -0.05) is 12.5 Å². The Hall–Kier alpha value is -1.84. The van der Waals surface area contributed by atoms with Crippen LogP contribution in [0.25, 0.3) is 5.52 Å². The molecule has 1 N–H and O–H groups in total. The van der Waals surface area contributed by atoms with Crippen LogP contribution in [0.3, 0.4) is 0 Å². The van der Waals surface area contributed by atoms with Crippen molar-refractivity contribution in [2.75, 3.05) is 0 Å². The number of nitrogens with zero attached hydrogens (tertiary/aromatic N) is 2. The van der Waals surface area contributed by atoms with Gasteiger partial charge in [0.1, 0.15) is 5.82 Å². The highest BCUT2D eigenvalue weighted by molar-refractivity contribution is 5.66. The Labute approximate surface area is 106 Å². The molecule has 0 bridgehead atoms. The van der Waals surface area contributed by atoms with Crippen molar-refractivity contribution in [2.24, 2.45) is 0 Å². The number of aryl methyl sites for hydroxylation is 2. The zero-order valence-corrected chi connectivity index (χ0v) is 10.6. The number of imidazole rings is 1. The minimum atomic E-state index is -0.706. The van der Waals surface area contributed by atoms with Gasteiger partial charge in [0.2, 0.25) is 0 Å². The number of aromatic nitrogens is 2. The van der Waals surface area contributed by atoms with Crippen LogP contribution in [-0.4, -0.2) is 20.5 Å². The molecule has 0 radical (unpaired) electrons. The van der Waals surface area contributed by atoms with E-state index in [0.29, 0.717) is 0 Å². The monoisotopic (exact) mass is 246 g/mol. The van der Waals surface area contributed by atoms with Gasteiger partial charge in [-0.15, -0.1) is 0 Å². The van der Waals surface area contributed by atoms with Gasteiger partial charge in [0.15, 0.2) is 0 Å². The zero-order chi connectivity index (χ0) is 13.0. The zero-order valence-electron chi connectivity index (χ0n) is 10.6. The summed E-state index contributed by atoms with van der Waals surface area (Å²) in [6, 6.07) is 6.20. The first kappa shape index (κ1) is 12.6. The Kier molecular flexibility index (Phi) is 3.97. The third-order valence-electron chi connectivity index (χ3n) is 3.13. The molecule has 0 aliphatic rings. The second kappa shape index (κ2) is 5.67.